The number of aliphatic imine (C=N–C) groups is 1. The second-order valence-corrected chi connectivity index (χ2v) is 8.07. The number of hydrogen-bond donors (Lipinski definition) is 3. The molecule has 1 aromatic carbocycles. The van der Waals surface area contributed by atoms with Crippen LogP contribution in [0.1, 0.15) is 49.8 Å². The summed E-state index contributed by atoms with van der Waals surface area (Å²) in [5.74, 6) is 3.28. The van der Waals surface area contributed by atoms with Crippen molar-refractivity contribution in [1.82, 2.24) is 30.4 Å². The van der Waals surface area contributed by atoms with Crippen LogP contribution in [0.2, 0.25) is 0 Å². The molecule has 0 saturated heterocycles. The molecule has 1 unspecified atom stereocenters. The predicted molar refractivity (Wildman–Crippen MR) is 117 cm³/mol. The molecule has 7 nitrogen and oxygen atoms in total. The zero-order valence-corrected chi connectivity index (χ0v) is 17.6. The maximum Gasteiger partial charge on any atom is 0.191 e. The van der Waals surface area contributed by atoms with Crippen molar-refractivity contribution < 1.29 is 0 Å². The lowest BCUT2D eigenvalue weighted by molar-refractivity contribution is 0.391. The average Bonchev–Trinajstić information content (AvgIpc) is 3.34. The van der Waals surface area contributed by atoms with Gasteiger partial charge in [-0.1, -0.05) is 32.0 Å². The number of guanidine groups is 1. The van der Waals surface area contributed by atoms with Crippen LogP contribution >= 0.6 is 0 Å². The summed E-state index contributed by atoms with van der Waals surface area (Å²) in [7, 11) is 1.83. The van der Waals surface area contributed by atoms with Crippen LogP contribution in [0, 0.1) is 0 Å². The summed E-state index contributed by atoms with van der Waals surface area (Å²) in [6.45, 7) is 6.00. The zero-order chi connectivity index (χ0) is 20.2. The van der Waals surface area contributed by atoms with Crippen molar-refractivity contribution in [3.05, 3.63) is 47.7 Å². The molecule has 3 aromatic rings. The van der Waals surface area contributed by atoms with E-state index in [2.05, 4.69) is 79.7 Å². The van der Waals surface area contributed by atoms with Crippen molar-refractivity contribution in [2.45, 2.75) is 58.0 Å². The second kappa shape index (κ2) is 8.68. The van der Waals surface area contributed by atoms with Crippen molar-refractivity contribution in [2.75, 3.05) is 13.6 Å². The monoisotopic (exact) mass is 393 g/mol. The molecule has 4 rings (SSSR count). The SMILES string of the molecule is CN=C(NCCCc1c[nH]c2ccccc12)NC1CCc2nc(C(C)C)nn2C1. The number of aromatic amines is 1. The first-order valence-corrected chi connectivity index (χ1v) is 10.6. The highest BCUT2D eigenvalue weighted by Crippen LogP contribution is 2.19. The van der Waals surface area contributed by atoms with Gasteiger partial charge in [0.15, 0.2) is 11.8 Å². The molecule has 2 aromatic heterocycles. The van der Waals surface area contributed by atoms with Gasteiger partial charge in [-0.05, 0) is 30.9 Å². The Kier molecular flexibility index (Phi) is 5.83. The van der Waals surface area contributed by atoms with Crippen molar-refractivity contribution >= 4 is 16.9 Å². The molecular weight excluding hydrogens is 362 g/mol. The van der Waals surface area contributed by atoms with Crippen LogP contribution in [0.4, 0.5) is 0 Å². The quantitative estimate of drug-likeness (QED) is 0.342. The van der Waals surface area contributed by atoms with Gasteiger partial charge in [-0.3, -0.25) is 4.99 Å². The summed E-state index contributed by atoms with van der Waals surface area (Å²) in [5.41, 5.74) is 2.58. The molecular formula is C22H31N7. The van der Waals surface area contributed by atoms with Gasteiger partial charge in [-0.15, -0.1) is 0 Å². The summed E-state index contributed by atoms with van der Waals surface area (Å²) >= 11 is 0. The molecule has 0 saturated carbocycles. The van der Waals surface area contributed by atoms with Gasteiger partial charge >= 0.3 is 0 Å². The molecule has 1 atom stereocenters. The summed E-state index contributed by atoms with van der Waals surface area (Å²) < 4.78 is 2.06. The van der Waals surface area contributed by atoms with Gasteiger partial charge in [0.05, 0.1) is 6.54 Å². The van der Waals surface area contributed by atoms with Crippen molar-refractivity contribution in [3.63, 3.8) is 0 Å². The third-order valence-corrected chi connectivity index (χ3v) is 5.55. The van der Waals surface area contributed by atoms with Crippen LogP contribution in [-0.4, -0.2) is 45.3 Å². The molecule has 1 aliphatic rings. The topological polar surface area (TPSA) is 82.9 Å². The number of benzene rings is 1. The van der Waals surface area contributed by atoms with E-state index in [4.69, 9.17) is 0 Å². The van der Waals surface area contributed by atoms with Gasteiger partial charge in [0.1, 0.15) is 5.82 Å². The zero-order valence-electron chi connectivity index (χ0n) is 17.6. The number of hydrogen-bond acceptors (Lipinski definition) is 3. The lowest BCUT2D eigenvalue weighted by Crippen LogP contribution is -2.47. The normalized spacial score (nSPS) is 17.0. The number of nitrogens with zero attached hydrogens (tertiary/aromatic N) is 4. The lowest BCUT2D eigenvalue weighted by Gasteiger charge is -2.25. The molecule has 0 amide bonds. The van der Waals surface area contributed by atoms with E-state index in [9.17, 15) is 0 Å². The minimum Gasteiger partial charge on any atom is -0.361 e. The molecule has 3 heterocycles. The van der Waals surface area contributed by atoms with Crippen molar-refractivity contribution in [2.24, 2.45) is 4.99 Å². The Hall–Kier alpha value is -2.83. The number of aryl methyl sites for hydroxylation is 2. The van der Waals surface area contributed by atoms with Crippen LogP contribution < -0.4 is 10.6 Å². The fraction of sp³-hybridized carbons (Fsp3) is 0.500. The van der Waals surface area contributed by atoms with Crippen LogP contribution in [0.25, 0.3) is 10.9 Å². The Morgan fingerprint density at radius 3 is 3.03 bits per heavy atom. The van der Waals surface area contributed by atoms with Crippen LogP contribution in [0.3, 0.4) is 0 Å². The summed E-state index contributed by atoms with van der Waals surface area (Å²) in [6, 6.07) is 8.79. The van der Waals surface area contributed by atoms with Crippen LogP contribution in [0.5, 0.6) is 0 Å². The second-order valence-electron chi connectivity index (χ2n) is 8.07. The first-order chi connectivity index (χ1) is 14.1. The third kappa shape index (κ3) is 4.44. The largest absolute Gasteiger partial charge is 0.361 e. The van der Waals surface area contributed by atoms with E-state index in [1.165, 1.54) is 16.5 Å². The Morgan fingerprint density at radius 2 is 2.21 bits per heavy atom. The molecule has 3 N–H and O–H groups in total. The molecule has 0 spiro atoms. The summed E-state index contributed by atoms with van der Waals surface area (Å²) in [5, 5.41) is 13.0. The highest BCUT2D eigenvalue weighted by atomic mass is 15.4. The van der Waals surface area contributed by atoms with E-state index in [1.807, 2.05) is 7.05 Å². The van der Waals surface area contributed by atoms with Gasteiger partial charge in [-0.25, -0.2) is 9.67 Å². The first-order valence-electron chi connectivity index (χ1n) is 10.6. The molecule has 1 aliphatic heterocycles. The number of para-hydroxylation sites is 1. The van der Waals surface area contributed by atoms with E-state index < -0.39 is 0 Å². The van der Waals surface area contributed by atoms with Gasteiger partial charge < -0.3 is 15.6 Å². The average molecular weight is 394 g/mol. The van der Waals surface area contributed by atoms with Gasteiger partial charge in [-0.2, -0.15) is 5.10 Å². The Morgan fingerprint density at radius 1 is 1.34 bits per heavy atom. The Bertz CT molecular complexity index is 982. The van der Waals surface area contributed by atoms with Gasteiger partial charge in [0, 0.05) is 49.1 Å². The Balaban J connectivity index is 1.25. The van der Waals surface area contributed by atoms with E-state index in [-0.39, 0.29) is 0 Å². The fourth-order valence-corrected chi connectivity index (χ4v) is 3.90. The molecule has 0 bridgehead atoms. The van der Waals surface area contributed by atoms with Crippen LogP contribution in [0.15, 0.2) is 35.5 Å². The van der Waals surface area contributed by atoms with Crippen molar-refractivity contribution in [3.8, 4) is 0 Å². The minimum atomic E-state index is 0.323. The van der Waals surface area contributed by atoms with E-state index in [1.54, 1.807) is 0 Å². The van der Waals surface area contributed by atoms with Crippen LogP contribution in [-0.2, 0) is 19.4 Å². The summed E-state index contributed by atoms with van der Waals surface area (Å²) in [4.78, 5) is 12.4. The molecule has 0 radical (unpaired) electrons. The number of H-pyrrole nitrogens is 1. The van der Waals surface area contributed by atoms with E-state index in [0.29, 0.717) is 12.0 Å². The standard InChI is InChI=1S/C22H31N7/c1-15(2)21-27-20-11-10-17(14-29(20)28-21)26-22(23-3)24-12-6-7-16-13-25-19-9-5-4-8-18(16)19/h4-5,8-9,13,15,17,25H,6-7,10-12,14H2,1-3H3,(H2,23,24,26). The molecule has 154 valence electrons. The minimum absolute atomic E-state index is 0.323. The molecule has 0 fully saturated rings. The highest BCUT2D eigenvalue weighted by molar-refractivity contribution is 5.83. The predicted octanol–water partition coefficient (Wildman–Crippen LogP) is 3.00. The molecule has 7 heteroatoms. The third-order valence-electron chi connectivity index (χ3n) is 5.55. The maximum absolute atomic E-state index is 4.67. The van der Waals surface area contributed by atoms with E-state index >= 15 is 0 Å². The smallest absolute Gasteiger partial charge is 0.191 e. The van der Waals surface area contributed by atoms with Gasteiger partial charge in [0.2, 0.25) is 0 Å². The summed E-state index contributed by atoms with van der Waals surface area (Å²) in [6.07, 6.45) is 6.22. The first kappa shape index (κ1) is 19.5. The fourth-order valence-electron chi connectivity index (χ4n) is 3.90. The maximum atomic E-state index is 4.67. The number of nitrogens with one attached hydrogen (secondary N) is 3. The van der Waals surface area contributed by atoms with E-state index in [0.717, 1.165) is 56.4 Å². The molecule has 0 aliphatic carbocycles. The Labute approximate surface area is 172 Å². The molecule has 29 heavy (non-hydrogen) atoms. The van der Waals surface area contributed by atoms with Gasteiger partial charge in [0.25, 0.3) is 0 Å². The van der Waals surface area contributed by atoms with Crippen molar-refractivity contribution in [1.29, 1.82) is 0 Å². The number of aromatic nitrogens is 4. The highest BCUT2D eigenvalue weighted by Gasteiger charge is 2.23. The lowest BCUT2D eigenvalue weighted by atomic mass is 10.1. The number of fused-ring (bicyclic) bond motifs is 2. The number of rotatable bonds is 6.